The van der Waals surface area contributed by atoms with Crippen molar-refractivity contribution in [1.82, 2.24) is 10.1 Å². The van der Waals surface area contributed by atoms with Crippen molar-refractivity contribution in [3.8, 4) is 10.8 Å². The highest BCUT2D eigenvalue weighted by Crippen LogP contribution is 2.36. The zero-order valence-electron chi connectivity index (χ0n) is 10.7. The number of nitrogens with zero attached hydrogens (tertiary/aromatic N) is 2. The van der Waals surface area contributed by atoms with Crippen molar-refractivity contribution in [2.24, 2.45) is 11.5 Å². The van der Waals surface area contributed by atoms with Crippen LogP contribution >= 0.6 is 23.7 Å². The Morgan fingerprint density at radius 2 is 2.05 bits per heavy atom. The average Bonchev–Trinajstić information content (AvgIpc) is 3.08. The smallest absolute Gasteiger partial charge is 0.268 e. The molecule has 0 spiro atoms. The van der Waals surface area contributed by atoms with Crippen LogP contribution in [0.5, 0.6) is 0 Å². The van der Waals surface area contributed by atoms with Gasteiger partial charge in [-0.15, -0.1) is 23.7 Å². The van der Waals surface area contributed by atoms with Gasteiger partial charge in [-0.2, -0.15) is 4.98 Å². The number of carbonyl (C=O) groups is 1. The van der Waals surface area contributed by atoms with Gasteiger partial charge in [0.15, 0.2) is 5.82 Å². The summed E-state index contributed by atoms with van der Waals surface area (Å²) in [5.74, 6) is 0.486. The van der Waals surface area contributed by atoms with Crippen LogP contribution in [0.2, 0.25) is 0 Å². The van der Waals surface area contributed by atoms with Crippen molar-refractivity contribution in [2.75, 3.05) is 0 Å². The second kappa shape index (κ2) is 5.51. The molecule has 0 aromatic carbocycles. The van der Waals surface area contributed by atoms with E-state index in [9.17, 15) is 4.79 Å². The number of nitrogens with two attached hydrogens (primary N) is 2. The number of hydrogen-bond donors (Lipinski definition) is 2. The van der Waals surface area contributed by atoms with E-state index >= 15 is 0 Å². The first-order chi connectivity index (χ1) is 9.08. The van der Waals surface area contributed by atoms with Crippen LogP contribution in [0, 0.1) is 0 Å². The minimum Gasteiger partial charge on any atom is -0.365 e. The van der Waals surface area contributed by atoms with E-state index in [1.54, 1.807) is 12.1 Å². The first kappa shape index (κ1) is 15.0. The second-order valence-electron chi connectivity index (χ2n) is 4.81. The lowest BCUT2D eigenvalue weighted by atomic mass is 9.99. The fraction of sp³-hybridized carbons (Fsp3) is 0.417. The summed E-state index contributed by atoms with van der Waals surface area (Å²) in [7, 11) is 0. The molecule has 1 saturated carbocycles. The molecule has 2 aromatic rings. The summed E-state index contributed by atoms with van der Waals surface area (Å²) in [5, 5.41) is 3.98. The van der Waals surface area contributed by atoms with Crippen molar-refractivity contribution in [3.63, 3.8) is 0 Å². The van der Waals surface area contributed by atoms with Gasteiger partial charge in [0.1, 0.15) is 0 Å². The first-order valence-corrected chi connectivity index (χ1v) is 6.93. The Morgan fingerprint density at radius 3 is 2.65 bits per heavy atom. The van der Waals surface area contributed by atoms with Crippen LogP contribution in [0.4, 0.5) is 0 Å². The number of aromatic nitrogens is 2. The van der Waals surface area contributed by atoms with E-state index in [0.717, 1.165) is 30.6 Å². The first-order valence-electron chi connectivity index (χ1n) is 6.12. The molecule has 0 saturated heterocycles. The van der Waals surface area contributed by atoms with Crippen molar-refractivity contribution in [1.29, 1.82) is 0 Å². The molecule has 2 heterocycles. The van der Waals surface area contributed by atoms with Gasteiger partial charge in [0.05, 0.1) is 15.3 Å². The van der Waals surface area contributed by atoms with Gasteiger partial charge in [-0.05, 0) is 25.0 Å². The lowest BCUT2D eigenvalue weighted by Gasteiger charge is -2.17. The maximum atomic E-state index is 11.1. The summed E-state index contributed by atoms with van der Waals surface area (Å²) < 4.78 is 5.24. The maximum absolute atomic E-state index is 11.1. The van der Waals surface area contributed by atoms with E-state index < -0.39 is 11.4 Å². The van der Waals surface area contributed by atoms with Gasteiger partial charge in [-0.25, -0.2) is 0 Å². The Hall–Kier alpha value is -1.44. The maximum Gasteiger partial charge on any atom is 0.268 e. The van der Waals surface area contributed by atoms with Crippen LogP contribution in [0.25, 0.3) is 10.8 Å². The van der Waals surface area contributed by atoms with E-state index in [4.69, 9.17) is 16.0 Å². The molecule has 1 aliphatic carbocycles. The summed E-state index contributed by atoms with van der Waals surface area (Å²) in [6.45, 7) is 0. The number of carbonyl (C=O) groups excluding carboxylic acids is 1. The molecule has 1 fully saturated rings. The minimum atomic E-state index is -0.467. The number of hydrogen-bond acceptors (Lipinski definition) is 6. The molecule has 1 aliphatic rings. The molecule has 0 aliphatic heterocycles. The highest BCUT2D eigenvalue weighted by Gasteiger charge is 2.36. The van der Waals surface area contributed by atoms with Gasteiger partial charge in [-0.1, -0.05) is 18.0 Å². The number of amides is 1. The van der Waals surface area contributed by atoms with Crippen LogP contribution in [0.3, 0.4) is 0 Å². The summed E-state index contributed by atoms with van der Waals surface area (Å²) in [4.78, 5) is 16.6. The monoisotopic (exact) mass is 314 g/mol. The van der Waals surface area contributed by atoms with Gasteiger partial charge in [0.25, 0.3) is 11.8 Å². The third-order valence-electron chi connectivity index (χ3n) is 3.43. The summed E-state index contributed by atoms with van der Waals surface area (Å²) in [6, 6.07) is 3.40. The Balaban J connectivity index is 0.00000147. The molecule has 2 aromatic heterocycles. The molecule has 3 rings (SSSR count). The molecular weight excluding hydrogens is 300 g/mol. The van der Waals surface area contributed by atoms with Crippen molar-refractivity contribution in [3.05, 3.63) is 22.8 Å². The summed E-state index contributed by atoms with van der Waals surface area (Å²) >= 11 is 1.24. The Morgan fingerprint density at radius 1 is 1.35 bits per heavy atom. The normalized spacial score (nSPS) is 16.9. The lowest BCUT2D eigenvalue weighted by Crippen LogP contribution is -2.34. The third-order valence-corrected chi connectivity index (χ3v) is 4.51. The zero-order chi connectivity index (χ0) is 13.5. The highest BCUT2D eigenvalue weighted by molar-refractivity contribution is 7.17. The topological polar surface area (TPSA) is 108 Å². The van der Waals surface area contributed by atoms with Crippen LogP contribution in [0.15, 0.2) is 16.7 Å². The SMILES string of the molecule is Cl.NC(=O)c1ccc(-c2nc(C3(N)CCCC3)no2)s1. The number of primary amides is 1. The van der Waals surface area contributed by atoms with Gasteiger partial charge in [0, 0.05) is 0 Å². The third kappa shape index (κ3) is 2.56. The van der Waals surface area contributed by atoms with Gasteiger partial charge < -0.3 is 16.0 Å². The van der Waals surface area contributed by atoms with Crippen LogP contribution < -0.4 is 11.5 Å². The predicted octanol–water partition coefficient (Wildman–Crippen LogP) is 2.05. The Bertz CT molecular complexity index is 619. The molecule has 1 amide bonds. The Labute approximate surface area is 125 Å². The lowest BCUT2D eigenvalue weighted by molar-refractivity contribution is 0.100. The molecule has 6 nitrogen and oxygen atoms in total. The standard InChI is InChI=1S/C12H14N4O2S.ClH/c13-9(17)7-3-4-8(19-7)10-15-11(16-18-10)12(14)5-1-2-6-12;/h3-4H,1-2,5-6,14H2,(H2,13,17);1H. The molecule has 0 atom stereocenters. The van der Waals surface area contributed by atoms with E-state index in [1.165, 1.54) is 11.3 Å². The van der Waals surface area contributed by atoms with Crippen molar-refractivity contribution < 1.29 is 9.32 Å². The predicted molar refractivity (Wildman–Crippen MR) is 77.7 cm³/mol. The van der Waals surface area contributed by atoms with Crippen LogP contribution in [-0.2, 0) is 5.54 Å². The fourth-order valence-corrected chi connectivity index (χ4v) is 3.12. The molecule has 4 N–H and O–H groups in total. The van der Waals surface area contributed by atoms with Gasteiger partial charge in [0.2, 0.25) is 0 Å². The summed E-state index contributed by atoms with van der Waals surface area (Å²) in [6.07, 6.45) is 3.93. The van der Waals surface area contributed by atoms with E-state index in [-0.39, 0.29) is 12.4 Å². The van der Waals surface area contributed by atoms with Crippen molar-refractivity contribution >= 4 is 29.7 Å². The van der Waals surface area contributed by atoms with Crippen LogP contribution in [-0.4, -0.2) is 16.0 Å². The second-order valence-corrected chi connectivity index (χ2v) is 5.90. The number of halogens is 1. The molecule has 108 valence electrons. The number of thiophene rings is 1. The molecule has 0 bridgehead atoms. The minimum absolute atomic E-state index is 0. The summed E-state index contributed by atoms with van der Waals surface area (Å²) in [5.41, 5.74) is 11.0. The van der Waals surface area contributed by atoms with Gasteiger partial charge in [-0.3, -0.25) is 4.79 Å². The molecule has 8 heteroatoms. The zero-order valence-corrected chi connectivity index (χ0v) is 12.3. The highest BCUT2D eigenvalue weighted by atomic mass is 35.5. The largest absolute Gasteiger partial charge is 0.365 e. The molecule has 0 unspecified atom stereocenters. The Kier molecular flexibility index (Phi) is 4.12. The van der Waals surface area contributed by atoms with E-state index in [0.29, 0.717) is 16.6 Å². The molecular formula is C12H15ClN4O2S. The van der Waals surface area contributed by atoms with E-state index in [1.807, 2.05) is 0 Å². The fourth-order valence-electron chi connectivity index (χ4n) is 2.34. The molecule has 0 radical (unpaired) electrons. The average molecular weight is 315 g/mol. The van der Waals surface area contributed by atoms with E-state index in [2.05, 4.69) is 10.1 Å². The number of rotatable bonds is 3. The van der Waals surface area contributed by atoms with Crippen LogP contribution in [0.1, 0.15) is 41.2 Å². The van der Waals surface area contributed by atoms with Gasteiger partial charge >= 0.3 is 0 Å². The molecule has 20 heavy (non-hydrogen) atoms. The van der Waals surface area contributed by atoms with Crippen molar-refractivity contribution in [2.45, 2.75) is 31.2 Å². The quantitative estimate of drug-likeness (QED) is 0.901.